The zero-order chi connectivity index (χ0) is 8.43. The van der Waals surface area contributed by atoms with Crippen LogP contribution in [-0.4, -0.2) is 16.1 Å². The Morgan fingerprint density at radius 3 is 2.64 bits per heavy atom. The second-order valence-electron chi connectivity index (χ2n) is 1.77. The van der Waals surface area contributed by atoms with E-state index in [1.165, 1.54) is 0 Å². The van der Waals surface area contributed by atoms with Crippen molar-refractivity contribution in [1.82, 2.24) is 4.98 Å². The van der Waals surface area contributed by atoms with Crippen LogP contribution in [-0.2, 0) is 0 Å². The molecule has 1 aromatic rings. The van der Waals surface area contributed by atoms with Crippen molar-refractivity contribution >= 4 is 5.97 Å². The molecule has 11 heavy (non-hydrogen) atoms. The fourth-order valence-corrected chi connectivity index (χ4v) is 0.583. The number of halogens is 2. The van der Waals surface area contributed by atoms with E-state index < -0.39 is 23.3 Å². The minimum absolute atomic E-state index is 0.711. The van der Waals surface area contributed by atoms with Crippen molar-refractivity contribution in [3.8, 4) is 0 Å². The Morgan fingerprint density at radius 1 is 1.55 bits per heavy atom. The first-order chi connectivity index (χ1) is 5.13. The number of pyridine rings is 1. The third-order valence-electron chi connectivity index (χ3n) is 1.08. The molecule has 1 N–H and O–H groups in total. The smallest absolute Gasteiger partial charge is 0.338 e. The molecule has 1 rings (SSSR count). The highest BCUT2D eigenvalue weighted by molar-refractivity contribution is 5.87. The van der Waals surface area contributed by atoms with Crippen LogP contribution in [0.3, 0.4) is 0 Å². The zero-order valence-corrected chi connectivity index (χ0v) is 5.21. The van der Waals surface area contributed by atoms with E-state index >= 15 is 0 Å². The summed E-state index contributed by atoms with van der Waals surface area (Å²) in [7, 11) is 0. The average Bonchev–Trinajstić information content (AvgIpc) is 1.94. The van der Waals surface area contributed by atoms with E-state index in [9.17, 15) is 13.6 Å². The number of hydrogen-bond donors (Lipinski definition) is 1. The maximum atomic E-state index is 12.4. The molecule has 0 aromatic carbocycles. The van der Waals surface area contributed by atoms with Gasteiger partial charge in [0.2, 0.25) is 5.95 Å². The largest absolute Gasteiger partial charge is 0.478 e. The predicted octanol–water partition coefficient (Wildman–Crippen LogP) is 1.06. The molecule has 1 aromatic heterocycles. The number of rotatable bonds is 1. The van der Waals surface area contributed by atoms with Crippen LogP contribution in [0.15, 0.2) is 12.3 Å². The van der Waals surface area contributed by atoms with Crippen molar-refractivity contribution in [2.45, 2.75) is 0 Å². The lowest BCUT2D eigenvalue weighted by Crippen LogP contribution is -2.03. The van der Waals surface area contributed by atoms with E-state index in [1.807, 2.05) is 0 Å². The number of carbonyl (C=O) groups is 1. The summed E-state index contributed by atoms with van der Waals surface area (Å²) in [4.78, 5) is 13.1. The molecule has 0 radical (unpaired) electrons. The molecule has 58 valence electrons. The van der Waals surface area contributed by atoms with E-state index in [-0.39, 0.29) is 0 Å². The molecule has 0 saturated carbocycles. The number of aromatic nitrogens is 1. The van der Waals surface area contributed by atoms with E-state index in [0.29, 0.717) is 0 Å². The lowest BCUT2D eigenvalue weighted by molar-refractivity contribution is 0.0690. The average molecular weight is 159 g/mol. The first-order valence-electron chi connectivity index (χ1n) is 2.66. The summed E-state index contributed by atoms with van der Waals surface area (Å²) < 4.78 is 24.6. The van der Waals surface area contributed by atoms with Gasteiger partial charge in [-0.3, -0.25) is 0 Å². The molecule has 0 amide bonds. The Bertz CT molecular complexity index is 301. The molecule has 5 heteroatoms. The number of nitrogens with zero attached hydrogens (tertiary/aromatic N) is 1. The predicted molar refractivity (Wildman–Crippen MR) is 31.1 cm³/mol. The Balaban J connectivity index is 3.27. The van der Waals surface area contributed by atoms with Gasteiger partial charge in [-0.15, -0.1) is 0 Å². The van der Waals surface area contributed by atoms with Crippen molar-refractivity contribution in [2.75, 3.05) is 0 Å². The van der Waals surface area contributed by atoms with Gasteiger partial charge in [-0.1, -0.05) is 0 Å². The van der Waals surface area contributed by atoms with Crippen molar-refractivity contribution in [1.29, 1.82) is 0 Å². The maximum absolute atomic E-state index is 12.4. The monoisotopic (exact) mass is 159 g/mol. The summed E-state index contributed by atoms with van der Waals surface area (Å²) >= 11 is 0. The topological polar surface area (TPSA) is 50.2 Å². The highest BCUT2D eigenvalue weighted by Crippen LogP contribution is 2.07. The molecule has 0 atom stereocenters. The van der Waals surface area contributed by atoms with Gasteiger partial charge in [-0.05, 0) is 6.07 Å². The third-order valence-corrected chi connectivity index (χ3v) is 1.08. The van der Waals surface area contributed by atoms with Gasteiger partial charge >= 0.3 is 5.97 Å². The standard InChI is InChI=1S/C6H3F2NO2/c7-4-3(6(10)11)1-2-9-5(4)8/h1-2H,(H,10,11). The quantitative estimate of drug-likeness (QED) is 0.623. The minimum Gasteiger partial charge on any atom is -0.478 e. The molecule has 0 aliphatic heterocycles. The van der Waals surface area contributed by atoms with Crippen LogP contribution >= 0.6 is 0 Å². The number of carboxylic acid groups (broad SMARTS) is 1. The van der Waals surface area contributed by atoms with Crippen LogP contribution in [0, 0.1) is 11.8 Å². The summed E-state index contributed by atoms with van der Waals surface area (Å²) in [5.74, 6) is -4.34. The molecular weight excluding hydrogens is 156 g/mol. The molecule has 3 nitrogen and oxygen atoms in total. The fraction of sp³-hybridized carbons (Fsp3) is 0. The van der Waals surface area contributed by atoms with Gasteiger partial charge in [0, 0.05) is 6.20 Å². The van der Waals surface area contributed by atoms with Gasteiger partial charge in [0.1, 0.15) is 5.56 Å². The zero-order valence-electron chi connectivity index (χ0n) is 5.21. The first-order valence-corrected chi connectivity index (χ1v) is 2.66. The number of carboxylic acids is 1. The molecule has 0 aliphatic rings. The summed E-state index contributed by atoms with van der Waals surface area (Å²) in [5, 5.41) is 8.26. The Labute approximate surface area is 60.3 Å². The van der Waals surface area contributed by atoms with Crippen LogP contribution < -0.4 is 0 Å². The summed E-state index contributed by atoms with van der Waals surface area (Å²) in [6.45, 7) is 0. The summed E-state index contributed by atoms with van der Waals surface area (Å²) in [6.07, 6.45) is 0.891. The molecule has 0 unspecified atom stereocenters. The molecular formula is C6H3F2NO2. The van der Waals surface area contributed by atoms with Gasteiger partial charge in [0.25, 0.3) is 0 Å². The third kappa shape index (κ3) is 1.31. The molecule has 0 saturated heterocycles. The van der Waals surface area contributed by atoms with Crippen LogP contribution in [0.1, 0.15) is 10.4 Å². The number of hydrogen-bond acceptors (Lipinski definition) is 2. The second kappa shape index (κ2) is 2.61. The van der Waals surface area contributed by atoms with Gasteiger partial charge in [-0.25, -0.2) is 14.2 Å². The second-order valence-corrected chi connectivity index (χ2v) is 1.77. The normalized spacial score (nSPS) is 9.64. The van der Waals surface area contributed by atoms with Crippen LogP contribution in [0.25, 0.3) is 0 Å². The van der Waals surface area contributed by atoms with Crippen LogP contribution in [0.2, 0.25) is 0 Å². The van der Waals surface area contributed by atoms with Crippen molar-refractivity contribution in [2.24, 2.45) is 0 Å². The highest BCUT2D eigenvalue weighted by atomic mass is 19.2. The van der Waals surface area contributed by atoms with Crippen molar-refractivity contribution in [3.05, 3.63) is 29.6 Å². The van der Waals surface area contributed by atoms with Gasteiger partial charge in [-0.2, -0.15) is 4.39 Å². The SMILES string of the molecule is O=C(O)c1ccnc(F)c1F. The first kappa shape index (κ1) is 7.59. The fourth-order valence-electron chi connectivity index (χ4n) is 0.583. The van der Waals surface area contributed by atoms with E-state index in [0.717, 1.165) is 12.3 Å². The van der Waals surface area contributed by atoms with E-state index in [4.69, 9.17) is 5.11 Å². The Morgan fingerprint density at radius 2 is 2.18 bits per heavy atom. The Hall–Kier alpha value is -1.52. The van der Waals surface area contributed by atoms with Gasteiger partial charge < -0.3 is 5.11 Å². The minimum atomic E-state index is -1.51. The molecule has 0 aliphatic carbocycles. The van der Waals surface area contributed by atoms with Crippen molar-refractivity contribution < 1.29 is 18.7 Å². The molecule has 0 fully saturated rings. The van der Waals surface area contributed by atoms with Gasteiger partial charge in [0.15, 0.2) is 5.82 Å². The molecule has 0 spiro atoms. The van der Waals surface area contributed by atoms with Crippen molar-refractivity contribution in [3.63, 3.8) is 0 Å². The van der Waals surface area contributed by atoms with E-state index in [2.05, 4.69) is 4.98 Å². The molecule has 1 heterocycles. The lowest BCUT2D eigenvalue weighted by atomic mass is 10.2. The highest BCUT2D eigenvalue weighted by Gasteiger charge is 2.13. The van der Waals surface area contributed by atoms with E-state index in [1.54, 1.807) is 0 Å². The summed E-state index contributed by atoms with van der Waals surface area (Å²) in [6, 6.07) is 0.890. The maximum Gasteiger partial charge on any atom is 0.338 e. The van der Waals surface area contributed by atoms with Crippen LogP contribution in [0.5, 0.6) is 0 Å². The van der Waals surface area contributed by atoms with Gasteiger partial charge in [0.05, 0.1) is 0 Å². The summed E-state index contributed by atoms with van der Waals surface area (Å²) in [5.41, 5.74) is -0.711. The molecule has 0 bridgehead atoms. The Kier molecular flexibility index (Phi) is 1.80. The van der Waals surface area contributed by atoms with Crippen LogP contribution in [0.4, 0.5) is 8.78 Å². The number of aromatic carboxylic acids is 1. The lowest BCUT2D eigenvalue weighted by Gasteiger charge is -1.94.